The van der Waals surface area contributed by atoms with Gasteiger partial charge in [0.2, 0.25) is 5.91 Å². The molecule has 5 nitrogen and oxygen atoms in total. The predicted molar refractivity (Wildman–Crippen MR) is 62.2 cm³/mol. The maximum atomic E-state index is 11.3. The van der Waals surface area contributed by atoms with Crippen LogP contribution < -0.4 is 11.1 Å². The topological polar surface area (TPSA) is 89.3 Å². The molecule has 0 aromatic heterocycles. The molecule has 0 fully saturated rings. The second-order valence-electron chi connectivity index (χ2n) is 3.17. The van der Waals surface area contributed by atoms with Gasteiger partial charge < -0.3 is 11.1 Å². The second kappa shape index (κ2) is 4.82. The molecule has 0 bridgehead atoms. The van der Waals surface area contributed by atoms with Crippen LogP contribution in [0.4, 0.5) is 5.69 Å². The number of amides is 1. The average molecular weight is 263 g/mol. The highest BCUT2D eigenvalue weighted by Gasteiger charge is 2.11. The third kappa shape index (κ3) is 3.19. The van der Waals surface area contributed by atoms with E-state index in [2.05, 4.69) is 5.32 Å². The van der Waals surface area contributed by atoms with Crippen LogP contribution in [0.5, 0.6) is 0 Å². The van der Waals surface area contributed by atoms with Crippen LogP contribution in [0, 0.1) is 0 Å². The number of nitrogens with two attached hydrogens (primary N) is 1. The fourth-order valence-electron chi connectivity index (χ4n) is 1.03. The molecule has 0 atom stereocenters. The van der Waals surface area contributed by atoms with Gasteiger partial charge in [0.25, 0.3) is 0 Å². The molecular weight excluding hydrogens is 252 g/mol. The molecule has 3 N–H and O–H groups in total. The first-order chi connectivity index (χ1) is 7.34. The van der Waals surface area contributed by atoms with E-state index >= 15 is 0 Å². The number of halogens is 1. The first-order valence-corrected chi connectivity index (χ1v) is 6.61. The number of carbonyl (C=O) groups excluding carboxylic acids is 1. The zero-order valence-corrected chi connectivity index (χ0v) is 10.1. The van der Waals surface area contributed by atoms with Crippen LogP contribution in [0.3, 0.4) is 0 Å². The first kappa shape index (κ1) is 13.0. The van der Waals surface area contributed by atoms with Crippen molar-refractivity contribution in [2.75, 3.05) is 18.1 Å². The summed E-state index contributed by atoms with van der Waals surface area (Å²) in [7, 11) is -3.33. The molecule has 0 aliphatic rings. The van der Waals surface area contributed by atoms with Crippen molar-refractivity contribution in [1.82, 2.24) is 0 Å². The van der Waals surface area contributed by atoms with Crippen molar-refractivity contribution in [3.8, 4) is 0 Å². The molecule has 0 radical (unpaired) electrons. The highest BCUT2D eigenvalue weighted by molar-refractivity contribution is 7.90. The van der Waals surface area contributed by atoms with Crippen LogP contribution in [0.15, 0.2) is 23.1 Å². The van der Waals surface area contributed by atoms with E-state index in [0.29, 0.717) is 0 Å². The van der Waals surface area contributed by atoms with Gasteiger partial charge in [0, 0.05) is 6.26 Å². The molecule has 1 aromatic rings. The molecule has 0 spiro atoms. The predicted octanol–water partition coefficient (Wildman–Crippen LogP) is 0.641. The van der Waals surface area contributed by atoms with E-state index < -0.39 is 15.7 Å². The number of hydrogen-bond acceptors (Lipinski definition) is 4. The Bertz CT molecular complexity index is 513. The Morgan fingerprint density at radius 1 is 1.50 bits per heavy atom. The normalized spacial score (nSPS) is 11.2. The van der Waals surface area contributed by atoms with Crippen LogP contribution in [-0.4, -0.2) is 27.1 Å². The van der Waals surface area contributed by atoms with E-state index in [4.69, 9.17) is 17.3 Å². The Labute approximate surface area is 98.5 Å². The molecule has 0 unspecified atom stereocenters. The van der Waals surface area contributed by atoms with Gasteiger partial charge in [-0.15, -0.1) is 0 Å². The SMILES string of the molecule is CS(=O)(=O)c1ccc(Cl)c(NC(=O)CN)c1. The minimum absolute atomic E-state index is 0.0872. The van der Waals surface area contributed by atoms with Gasteiger partial charge in [-0.1, -0.05) is 11.6 Å². The number of rotatable bonds is 3. The molecule has 16 heavy (non-hydrogen) atoms. The van der Waals surface area contributed by atoms with Crippen molar-refractivity contribution < 1.29 is 13.2 Å². The molecule has 1 amide bonds. The molecule has 0 aliphatic carbocycles. The molecule has 1 rings (SSSR count). The third-order valence-electron chi connectivity index (χ3n) is 1.83. The summed E-state index contributed by atoms with van der Waals surface area (Å²) < 4.78 is 22.5. The average Bonchev–Trinajstić information content (AvgIpc) is 2.19. The molecule has 0 saturated heterocycles. The summed E-state index contributed by atoms with van der Waals surface area (Å²) >= 11 is 5.80. The van der Waals surface area contributed by atoms with E-state index in [1.165, 1.54) is 18.2 Å². The van der Waals surface area contributed by atoms with Crippen LogP contribution in [0.1, 0.15) is 0 Å². The lowest BCUT2D eigenvalue weighted by molar-refractivity contribution is -0.114. The van der Waals surface area contributed by atoms with Gasteiger partial charge in [0.1, 0.15) is 0 Å². The zero-order chi connectivity index (χ0) is 12.3. The van der Waals surface area contributed by atoms with Gasteiger partial charge in [-0.25, -0.2) is 8.42 Å². The number of hydrogen-bond donors (Lipinski definition) is 2. The quantitative estimate of drug-likeness (QED) is 0.837. The summed E-state index contributed by atoms with van der Waals surface area (Å²) in [6, 6.07) is 4.07. The molecule has 0 heterocycles. The summed E-state index contributed by atoms with van der Waals surface area (Å²) in [6.07, 6.45) is 1.07. The van der Waals surface area contributed by atoms with Gasteiger partial charge in [-0.05, 0) is 18.2 Å². The number of carbonyl (C=O) groups is 1. The van der Waals surface area contributed by atoms with Crippen LogP contribution >= 0.6 is 11.6 Å². The Morgan fingerprint density at radius 3 is 2.62 bits per heavy atom. The highest BCUT2D eigenvalue weighted by atomic mass is 35.5. The van der Waals surface area contributed by atoms with Crippen molar-refractivity contribution in [3.05, 3.63) is 23.2 Å². The molecule has 88 valence electrons. The van der Waals surface area contributed by atoms with Crippen molar-refractivity contribution in [2.45, 2.75) is 4.90 Å². The van der Waals surface area contributed by atoms with Crippen molar-refractivity contribution in [1.29, 1.82) is 0 Å². The standard InChI is InChI=1S/C9H11ClN2O3S/c1-16(14,15)6-2-3-7(10)8(4-6)12-9(13)5-11/h2-4H,5,11H2,1H3,(H,12,13). The Balaban J connectivity index is 3.14. The molecule has 7 heteroatoms. The minimum Gasteiger partial charge on any atom is -0.324 e. The first-order valence-electron chi connectivity index (χ1n) is 4.34. The lowest BCUT2D eigenvalue weighted by Gasteiger charge is -2.07. The van der Waals surface area contributed by atoms with E-state index in [1.54, 1.807) is 0 Å². The summed E-state index contributed by atoms with van der Waals surface area (Å²) in [5.41, 5.74) is 5.36. The van der Waals surface area contributed by atoms with Crippen LogP contribution in [0.25, 0.3) is 0 Å². The van der Waals surface area contributed by atoms with Crippen molar-refractivity contribution >= 4 is 33.0 Å². The molecule has 0 aliphatic heterocycles. The molecule has 0 saturated carbocycles. The van der Waals surface area contributed by atoms with E-state index in [0.717, 1.165) is 6.26 Å². The fourth-order valence-corrected chi connectivity index (χ4v) is 1.84. The number of sulfone groups is 1. The van der Waals surface area contributed by atoms with E-state index in [-0.39, 0.29) is 22.2 Å². The van der Waals surface area contributed by atoms with E-state index in [1.807, 2.05) is 0 Å². The van der Waals surface area contributed by atoms with Gasteiger partial charge in [-0.2, -0.15) is 0 Å². The van der Waals surface area contributed by atoms with Gasteiger partial charge in [0.15, 0.2) is 9.84 Å². The maximum absolute atomic E-state index is 11.3. The Morgan fingerprint density at radius 2 is 2.12 bits per heavy atom. The minimum atomic E-state index is -3.33. The second-order valence-corrected chi connectivity index (χ2v) is 5.59. The van der Waals surface area contributed by atoms with Gasteiger partial charge >= 0.3 is 0 Å². The lowest BCUT2D eigenvalue weighted by Crippen LogP contribution is -2.22. The molecule has 1 aromatic carbocycles. The summed E-state index contributed by atoms with van der Waals surface area (Å²) in [6.45, 7) is -0.195. The number of nitrogens with one attached hydrogen (secondary N) is 1. The third-order valence-corrected chi connectivity index (χ3v) is 3.27. The largest absolute Gasteiger partial charge is 0.324 e. The Hall–Kier alpha value is -1.11. The van der Waals surface area contributed by atoms with E-state index in [9.17, 15) is 13.2 Å². The lowest BCUT2D eigenvalue weighted by atomic mass is 10.3. The Kier molecular flexibility index (Phi) is 3.90. The number of anilines is 1. The monoisotopic (exact) mass is 262 g/mol. The smallest absolute Gasteiger partial charge is 0.238 e. The highest BCUT2D eigenvalue weighted by Crippen LogP contribution is 2.25. The maximum Gasteiger partial charge on any atom is 0.238 e. The molecular formula is C9H11ClN2O3S. The summed E-state index contributed by atoms with van der Waals surface area (Å²) in [5, 5.41) is 2.67. The van der Waals surface area contributed by atoms with Crippen molar-refractivity contribution in [3.63, 3.8) is 0 Å². The van der Waals surface area contributed by atoms with Gasteiger partial charge in [0.05, 0.1) is 22.2 Å². The van der Waals surface area contributed by atoms with Crippen LogP contribution in [-0.2, 0) is 14.6 Å². The van der Waals surface area contributed by atoms with Crippen molar-refractivity contribution in [2.24, 2.45) is 5.73 Å². The fraction of sp³-hybridized carbons (Fsp3) is 0.222. The summed E-state index contributed by atoms with van der Waals surface area (Å²) in [4.78, 5) is 11.1. The van der Waals surface area contributed by atoms with Gasteiger partial charge in [-0.3, -0.25) is 4.79 Å². The van der Waals surface area contributed by atoms with Crippen LogP contribution in [0.2, 0.25) is 5.02 Å². The zero-order valence-electron chi connectivity index (χ0n) is 8.53. The number of benzene rings is 1. The summed E-state index contributed by atoms with van der Waals surface area (Å²) in [5.74, 6) is -0.437.